The van der Waals surface area contributed by atoms with Gasteiger partial charge in [-0.1, -0.05) is 0 Å². The van der Waals surface area contributed by atoms with Crippen LogP contribution < -0.4 is 5.73 Å². The molecule has 0 saturated carbocycles. The summed E-state index contributed by atoms with van der Waals surface area (Å²) in [6.45, 7) is 1.63. The van der Waals surface area contributed by atoms with Crippen LogP contribution in [0.4, 0.5) is 13.2 Å². The molecule has 0 rings (SSSR count). The summed E-state index contributed by atoms with van der Waals surface area (Å²) < 4.78 is 40.2. The van der Waals surface area contributed by atoms with E-state index in [0.717, 1.165) is 0 Å². The summed E-state index contributed by atoms with van der Waals surface area (Å²) in [5.74, 6) is -1.10. The van der Waals surface area contributed by atoms with E-state index in [0.29, 0.717) is 6.42 Å². The molecule has 1 unspecified atom stereocenters. The van der Waals surface area contributed by atoms with E-state index in [1.807, 2.05) is 0 Å². The first-order valence-electron chi connectivity index (χ1n) is 5.32. The standard InChI is InChI=1S/C10H18F3NO3/c1-9(14,8(15)16)4-2-6-17-7-3-5-10(11,12)13/h2-7,14H2,1H3,(H,15,16). The number of aliphatic carboxylic acids is 1. The Morgan fingerprint density at radius 3 is 2.12 bits per heavy atom. The Hall–Kier alpha value is -0.820. The van der Waals surface area contributed by atoms with Crippen LogP contribution in [0.15, 0.2) is 0 Å². The third-order valence-corrected chi connectivity index (χ3v) is 2.22. The molecule has 0 aliphatic carbocycles. The summed E-state index contributed by atoms with van der Waals surface area (Å²) in [7, 11) is 0. The topological polar surface area (TPSA) is 72.5 Å². The minimum absolute atomic E-state index is 0.0217. The second-order valence-electron chi connectivity index (χ2n) is 4.16. The predicted octanol–water partition coefficient (Wildman–Crippen LogP) is 1.93. The summed E-state index contributed by atoms with van der Waals surface area (Å²) >= 11 is 0. The van der Waals surface area contributed by atoms with Gasteiger partial charge in [0.15, 0.2) is 0 Å². The SMILES string of the molecule is CC(N)(CCCOCCCC(F)(F)F)C(=O)O. The molecular weight excluding hydrogens is 239 g/mol. The predicted molar refractivity (Wildman–Crippen MR) is 55.6 cm³/mol. The molecule has 0 aliphatic heterocycles. The van der Waals surface area contributed by atoms with Gasteiger partial charge in [-0.25, -0.2) is 0 Å². The molecule has 0 spiro atoms. The maximum Gasteiger partial charge on any atom is 0.389 e. The molecule has 7 heteroatoms. The maximum absolute atomic E-state index is 11.7. The Kier molecular flexibility index (Phi) is 6.48. The van der Waals surface area contributed by atoms with Gasteiger partial charge in [0.2, 0.25) is 0 Å². The number of carboxylic acids is 1. The lowest BCUT2D eigenvalue weighted by atomic mass is 9.98. The van der Waals surface area contributed by atoms with Crippen molar-refractivity contribution in [3.05, 3.63) is 0 Å². The summed E-state index contributed by atoms with van der Waals surface area (Å²) in [4.78, 5) is 10.6. The van der Waals surface area contributed by atoms with Crippen molar-refractivity contribution in [2.24, 2.45) is 5.73 Å². The molecule has 0 heterocycles. The largest absolute Gasteiger partial charge is 0.480 e. The monoisotopic (exact) mass is 257 g/mol. The number of hydrogen-bond donors (Lipinski definition) is 2. The Morgan fingerprint density at radius 2 is 1.71 bits per heavy atom. The molecule has 102 valence electrons. The molecule has 0 aromatic carbocycles. The average molecular weight is 257 g/mol. The van der Waals surface area contributed by atoms with E-state index in [4.69, 9.17) is 15.6 Å². The Morgan fingerprint density at radius 1 is 1.24 bits per heavy atom. The van der Waals surface area contributed by atoms with E-state index in [1.165, 1.54) is 6.92 Å². The third-order valence-electron chi connectivity index (χ3n) is 2.22. The third kappa shape index (κ3) is 8.93. The number of alkyl halides is 3. The fraction of sp³-hybridized carbons (Fsp3) is 0.900. The van der Waals surface area contributed by atoms with Crippen LogP contribution in [0.25, 0.3) is 0 Å². The fourth-order valence-corrected chi connectivity index (χ4v) is 1.13. The number of rotatable bonds is 8. The van der Waals surface area contributed by atoms with Crippen molar-refractivity contribution in [2.75, 3.05) is 13.2 Å². The lowest BCUT2D eigenvalue weighted by molar-refractivity contribution is -0.143. The van der Waals surface area contributed by atoms with Crippen LogP contribution in [0.3, 0.4) is 0 Å². The highest BCUT2D eigenvalue weighted by atomic mass is 19.4. The zero-order chi connectivity index (χ0) is 13.5. The molecule has 0 fully saturated rings. The smallest absolute Gasteiger partial charge is 0.389 e. The quantitative estimate of drug-likeness (QED) is 0.652. The van der Waals surface area contributed by atoms with Crippen LogP contribution in [0.2, 0.25) is 0 Å². The van der Waals surface area contributed by atoms with Crippen molar-refractivity contribution in [3.8, 4) is 0 Å². The lowest BCUT2D eigenvalue weighted by Gasteiger charge is -2.18. The van der Waals surface area contributed by atoms with E-state index in [-0.39, 0.29) is 26.1 Å². The Bertz CT molecular complexity index is 241. The van der Waals surface area contributed by atoms with Gasteiger partial charge < -0.3 is 15.6 Å². The van der Waals surface area contributed by atoms with E-state index in [2.05, 4.69) is 0 Å². The summed E-state index contributed by atoms with van der Waals surface area (Å²) in [6, 6.07) is 0. The van der Waals surface area contributed by atoms with Gasteiger partial charge in [0.05, 0.1) is 0 Å². The second-order valence-corrected chi connectivity index (χ2v) is 4.16. The van der Waals surface area contributed by atoms with Gasteiger partial charge in [-0.2, -0.15) is 13.2 Å². The Labute approximate surface area is 97.9 Å². The lowest BCUT2D eigenvalue weighted by Crippen LogP contribution is -2.44. The van der Waals surface area contributed by atoms with E-state index >= 15 is 0 Å². The molecule has 0 radical (unpaired) electrons. The van der Waals surface area contributed by atoms with Crippen LogP contribution in [0, 0.1) is 0 Å². The van der Waals surface area contributed by atoms with E-state index in [9.17, 15) is 18.0 Å². The molecule has 0 aromatic rings. The first kappa shape index (κ1) is 16.2. The number of carboxylic acid groups (broad SMARTS) is 1. The molecule has 0 aliphatic rings. The number of halogens is 3. The molecule has 0 saturated heterocycles. The van der Waals surface area contributed by atoms with Crippen molar-refractivity contribution in [2.45, 2.75) is 44.3 Å². The molecule has 0 aromatic heterocycles. The van der Waals surface area contributed by atoms with Gasteiger partial charge in [-0.05, 0) is 26.2 Å². The number of ether oxygens (including phenoxy) is 1. The van der Waals surface area contributed by atoms with Crippen LogP contribution in [0.5, 0.6) is 0 Å². The Balaban J connectivity index is 3.45. The zero-order valence-corrected chi connectivity index (χ0v) is 9.72. The first-order chi connectivity index (χ1) is 7.65. The highest BCUT2D eigenvalue weighted by Gasteiger charge is 2.27. The van der Waals surface area contributed by atoms with Crippen molar-refractivity contribution >= 4 is 5.97 Å². The second kappa shape index (κ2) is 6.80. The molecule has 4 nitrogen and oxygen atoms in total. The minimum atomic E-state index is -4.15. The van der Waals surface area contributed by atoms with Crippen molar-refractivity contribution in [3.63, 3.8) is 0 Å². The van der Waals surface area contributed by atoms with Crippen molar-refractivity contribution in [1.82, 2.24) is 0 Å². The van der Waals surface area contributed by atoms with Gasteiger partial charge in [0, 0.05) is 19.6 Å². The molecule has 1 atom stereocenters. The zero-order valence-electron chi connectivity index (χ0n) is 9.72. The maximum atomic E-state index is 11.7. The fourth-order valence-electron chi connectivity index (χ4n) is 1.13. The number of hydrogen-bond acceptors (Lipinski definition) is 3. The van der Waals surface area contributed by atoms with Crippen LogP contribution in [-0.2, 0) is 9.53 Å². The van der Waals surface area contributed by atoms with Crippen LogP contribution >= 0.6 is 0 Å². The first-order valence-corrected chi connectivity index (χ1v) is 5.32. The summed E-state index contributed by atoms with van der Waals surface area (Å²) in [5, 5.41) is 8.68. The molecule has 3 N–H and O–H groups in total. The van der Waals surface area contributed by atoms with Crippen molar-refractivity contribution < 1.29 is 27.8 Å². The number of nitrogens with two attached hydrogens (primary N) is 1. The van der Waals surface area contributed by atoms with Gasteiger partial charge in [-0.15, -0.1) is 0 Å². The normalized spacial score (nSPS) is 15.6. The summed E-state index contributed by atoms with van der Waals surface area (Å²) in [6.07, 6.45) is -4.46. The number of carbonyl (C=O) groups is 1. The van der Waals surface area contributed by atoms with Gasteiger partial charge >= 0.3 is 12.1 Å². The van der Waals surface area contributed by atoms with Crippen LogP contribution in [-0.4, -0.2) is 36.0 Å². The van der Waals surface area contributed by atoms with Crippen LogP contribution in [0.1, 0.15) is 32.6 Å². The average Bonchev–Trinajstić information content (AvgIpc) is 2.14. The molecule has 0 amide bonds. The molecule has 0 bridgehead atoms. The van der Waals surface area contributed by atoms with Gasteiger partial charge in [0.1, 0.15) is 5.54 Å². The van der Waals surface area contributed by atoms with Gasteiger partial charge in [-0.3, -0.25) is 4.79 Å². The summed E-state index contributed by atoms with van der Waals surface area (Å²) in [5.41, 5.74) is 4.14. The minimum Gasteiger partial charge on any atom is -0.480 e. The highest BCUT2D eigenvalue weighted by Crippen LogP contribution is 2.21. The molecule has 17 heavy (non-hydrogen) atoms. The van der Waals surface area contributed by atoms with Crippen molar-refractivity contribution in [1.29, 1.82) is 0 Å². The van der Waals surface area contributed by atoms with Gasteiger partial charge in [0.25, 0.3) is 0 Å². The highest BCUT2D eigenvalue weighted by molar-refractivity contribution is 5.77. The van der Waals surface area contributed by atoms with E-state index < -0.39 is 24.1 Å². The van der Waals surface area contributed by atoms with E-state index in [1.54, 1.807) is 0 Å². The molecular formula is C10H18F3NO3.